The van der Waals surface area contributed by atoms with Crippen LogP contribution >= 0.6 is 0 Å². The van der Waals surface area contributed by atoms with Gasteiger partial charge >= 0.3 is 6.09 Å². The van der Waals surface area contributed by atoms with Crippen LogP contribution in [-0.2, 0) is 14.3 Å². The van der Waals surface area contributed by atoms with E-state index < -0.39 is 42.2 Å². The zero-order valence-corrected chi connectivity index (χ0v) is 21.0. The van der Waals surface area contributed by atoms with E-state index >= 15 is 0 Å². The van der Waals surface area contributed by atoms with Gasteiger partial charge in [-0.1, -0.05) is 38.5 Å². The number of amides is 3. The first-order valence-corrected chi connectivity index (χ1v) is 11.9. The van der Waals surface area contributed by atoms with Gasteiger partial charge < -0.3 is 30.5 Å². The normalized spacial score (nSPS) is 20.0. The third kappa shape index (κ3) is 7.35. The van der Waals surface area contributed by atoms with Gasteiger partial charge in [0.2, 0.25) is 11.8 Å². The first-order chi connectivity index (χ1) is 15.9. The molecule has 4 N–H and O–H groups in total. The number of phenolic OH excluding ortho intramolecular Hbond substituents is 1. The van der Waals surface area contributed by atoms with E-state index in [1.54, 1.807) is 39.0 Å². The van der Waals surface area contributed by atoms with Crippen molar-refractivity contribution in [2.24, 2.45) is 5.92 Å². The molecule has 0 bridgehead atoms. The zero-order valence-electron chi connectivity index (χ0n) is 21.0. The molecule has 1 aromatic rings. The van der Waals surface area contributed by atoms with Crippen molar-refractivity contribution in [1.82, 2.24) is 15.5 Å². The fourth-order valence-corrected chi connectivity index (χ4v) is 3.95. The van der Waals surface area contributed by atoms with Crippen molar-refractivity contribution in [3.63, 3.8) is 0 Å². The molecule has 0 saturated heterocycles. The number of hydrogen-bond donors (Lipinski definition) is 4. The SMILES string of the molecule is CCCC(C)NC(=O)C(c1ccccc1O)N(C(=O)C(CO)NC(=O)OC(C)(C)C)C1CC1C. The fourth-order valence-electron chi connectivity index (χ4n) is 3.95. The van der Waals surface area contributed by atoms with Gasteiger partial charge in [0.25, 0.3) is 0 Å². The third-order valence-corrected chi connectivity index (χ3v) is 5.72. The number of nitrogens with zero attached hydrogens (tertiary/aromatic N) is 1. The lowest BCUT2D eigenvalue weighted by Crippen LogP contribution is -2.55. The summed E-state index contributed by atoms with van der Waals surface area (Å²) in [5, 5.41) is 25.9. The summed E-state index contributed by atoms with van der Waals surface area (Å²) in [6.45, 7) is 10.3. The number of phenols is 1. The van der Waals surface area contributed by atoms with Gasteiger partial charge in [-0.2, -0.15) is 0 Å². The lowest BCUT2D eigenvalue weighted by Gasteiger charge is -2.35. The number of hydrogen-bond acceptors (Lipinski definition) is 6. The van der Waals surface area contributed by atoms with Gasteiger partial charge in [-0.05, 0) is 52.5 Å². The van der Waals surface area contributed by atoms with Gasteiger partial charge in [0.15, 0.2) is 0 Å². The second-order valence-corrected chi connectivity index (χ2v) is 10.1. The van der Waals surface area contributed by atoms with Gasteiger partial charge in [-0.3, -0.25) is 9.59 Å². The lowest BCUT2D eigenvalue weighted by atomic mass is 10.0. The van der Waals surface area contributed by atoms with Crippen molar-refractivity contribution in [1.29, 1.82) is 0 Å². The summed E-state index contributed by atoms with van der Waals surface area (Å²) in [7, 11) is 0. The molecular formula is C25H39N3O6. The zero-order chi connectivity index (χ0) is 25.6. The molecule has 0 spiro atoms. The van der Waals surface area contributed by atoms with Gasteiger partial charge in [0.1, 0.15) is 23.4 Å². The van der Waals surface area contributed by atoms with Crippen LogP contribution in [0.4, 0.5) is 4.79 Å². The third-order valence-electron chi connectivity index (χ3n) is 5.72. The number of carbonyl (C=O) groups is 3. The molecule has 9 heteroatoms. The standard InChI is InChI=1S/C25H39N3O6/c1-7-10-16(3)26-22(31)21(17-11-8-9-12-20(17)30)28(19-13-15(19)2)23(32)18(14-29)27-24(33)34-25(4,5)6/h8-9,11-12,15-16,18-19,21,29-30H,7,10,13-14H2,1-6H3,(H,26,31)(H,27,33). The van der Waals surface area contributed by atoms with Gasteiger partial charge in [0.05, 0.1) is 6.61 Å². The van der Waals surface area contributed by atoms with Crippen LogP contribution in [0.25, 0.3) is 0 Å². The summed E-state index contributed by atoms with van der Waals surface area (Å²) in [5.41, 5.74) is -0.504. The van der Waals surface area contributed by atoms with Gasteiger partial charge in [0, 0.05) is 17.6 Å². The van der Waals surface area contributed by atoms with E-state index in [1.165, 1.54) is 11.0 Å². The highest BCUT2D eigenvalue weighted by atomic mass is 16.6. The first-order valence-electron chi connectivity index (χ1n) is 11.9. The largest absolute Gasteiger partial charge is 0.508 e. The van der Waals surface area contributed by atoms with Crippen LogP contribution in [0.3, 0.4) is 0 Å². The Balaban J connectivity index is 2.43. The second-order valence-electron chi connectivity index (χ2n) is 10.1. The van der Waals surface area contributed by atoms with Crippen molar-refractivity contribution in [3.8, 4) is 5.75 Å². The molecule has 0 heterocycles. The highest BCUT2D eigenvalue weighted by Gasteiger charge is 2.48. The van der Waals surface area contributed by atoms with Crippen LogP contribution in [0.5, 0.6) is 5.75 Å². The van der Waals surface area contributed by atoms with E-state index in [2.05, 4.69) is 10.6 Å². The first kappa shape index (κ1) is 27.4. The summed E-state index contributed by atoms with van der Waals surface area (Å²) in [5.74, 6) is -1.03. The summed E-state index contributed by atoms with van der Waals surface area (Å²) in [6, 6.07) is 3.55. The number of ether oxygens (including phenoxy) is 1. The average Bonchev–Trinajstić information content (AvgIpc) is 3.45. The molecule has 0 aromatic heterocycles. The molecule has 0 aliphatic heterocycles. The molecular weight excluding hydrogens is 438 g/mol. The molecule has 190 valence electrons. The maximum atomic E-state index is 13.7. The van der Waals surface area contributed by atoms with Crippen molar-refractivity contribution < 1.29 is 29.3 Å². The molecule has 1 aliphatic rings. The average molecular weight is 478 g/mol. The number of aliphatic hydroxyl groups is 1. The molecule has 3 amide bonds. The van der Waals surface area contributed by atoms with Crippen LogP contribution in [0.1, 0.15) is 72.4 Å². The maximum absolute atomic E-state index is 13.7. The highest BCUT2D eigenvalue weighted by Crippen LogP contribution is 2.42. The highest BCUT2D eigenvalue weighted by molar-refractivity contribution is 5.93. The summed E-state index contributed by atoms with van der Waals surface area (Å²) in [4.78, 5) is 40.9. The quantitative estimate of drug-likeness (QED) is 0.410. The molecule has 1 fully saturated rings. The van der Waals surface area contributed by atoms with E-state index in [0.717, 1.165) is 12.8 Å². The van der Waals surface area contributed by atoms with E-state index in [1.807, 2.05) is 20.8 Å². The number of benzene rings is 1. The van der Waals surface area contributed by atoms with Crippen molar-refractivity contribution in [3.05, 3.63) is 29.8 Å². The Morgan fingerprint density at radius 3 is 2.32 bits per heavy atom. The Labute approximate surface area is 201 Å². The maximum Gasteiger partial charge on any atom is 0.408 e. The number of para-hydroxylation sites is 1. The van der Waals surface area contributed by atoms with Gasteiger partial charge in [-0.15, -0.1) is 0 Å². The number of aliphatic hydroxyl groups excluding tert-OH is 1. The molecule has 34 heavy (non-hydrogen) atoms. The van der Waals surface area contributed by atoms with E-state index in [-0.39, 0.29) is 29.3 Å². The Kier molecular flexibility index (Phi) is 9.32. The molecule has 9 nitrogen and oxygen atoms in total. The number of rotatable bonds is 10. The van der Waals surface area contributed by atoms with Gasteiger partial charge in [-0.25, -0.2) is 4.79 Å². The Morgan fingerprint density at radius 1 is 1.21 bits per heavy atom. The van der Waals surface area contributed by atoms with E-state index in [0.29, 0.717) is 6.42 Å². The minimum absolute atomic E-state index is 0.113. The monoisotopic (exact) mass is 477 g/mol. The van der Waals surface area contributed by atoms with Crippen molar-refractivity contribution in [2.75, 3.05) is 6.61 Å². The number of nitrogens with one attached hydrogen (secondary N) is 2. The van der Waals surface area contributed by atoms with Crippen molar-refractivity contribution in [2.45, 2.75) is 90.6 Å². The topological polar surface area (TPSA) is 128 Å². The molecule has 1 aliphatic carbocycles. The molecule has 1 aromatic carbocycles. The minimum atomic E-state index is -1.31. The van der Waals surface area contributed by atoms with Crippen LogP contribution in [0, 0.1) is 5.92 Å². The predicted molar refractivity (Wildman–Crippen MR) is 128 cm³/mol. The molecule has 5 unspecified atom stereocenters. The molecule has 0 radical (unpaired) electrons. The van der Waals surface area contributed by atoms with Crippen LogP contribution in [0.2, 0.25) is 0 Å². The molecule has 5 atom stereocenters. The number of aromatic hydroxyl groups is 1. The Morgan fingerprint density at radius 2 is 1.82 bits per heavy atom. The summed E-state index contributed by atoms with van der Waals surface area (Å²) in [6.07, 6.45) is 1.45. The Hall–Kier alpha value is -2.81. The molecule has 1 saturated carbocycles. The van der Waals surface area contributed by atoms with Crippen molar-refractivity contribution >= 4 is 17.9 Å². The lowest BCUT2D eigenvalue weighted by molar-refractivity contribution is -0.144. The number of alkyl carbamates (subject to hydrolysis) is 1. The number of carbonyl (C=O) groups excluding carboxylic acids is 3. The van der Waals surface area contributed by atoms with Crippen LogP contribution in [0.15, 0.2) is 24.3 Å². The second kappa shape index (κ2) is 11.6. The molecule has 2 rings (SSSR count). The predicted octanol–water partition coefficient (Wildman–Crippen LogP) is 2.86. The summed E-state index contributed by atoms with van der Waals surface area (Å²) < 4.78 is 5.24. The fraction of sp³-hybridized carbons (Fsp3) is 0.640. The van der Waals surface area contributed by atoms with Crippen LogP contribution in [-0.4, -0.2) is 63.4 Å². The minimum Gasteiger partial charge on any atom is -0.508 e. The van der Waals surface area contributed by atoms with Crippen LogP contribution < -0.4 is 10.6 Å². The summed E-state index contributed by atoms with van der Waals surface area (Å²) >= 11 is 0. The Bertz CT molecular complexity index is 868. The smallest absolute Gasteiger partial charge is 0.408 e. The van der Waals surface area contributed by atoms with E-state index in [9.17, 15) is 24.6 Å². The van der Waals surface area contributed by atoms with E-state index in [4.69, 9.17) is 4.74 Å².